The molecule has 30 heavy (non-hydrogen) atoms. The summed E-state index contributed by atoms with van der Waals surface area (Å²) >= 11 is 19.4. The first-order valence-corrected chi connectivity index (χ1v) is 12.6. The maximum atomic E-state index is 12.7. The summed E-state index contributed by atoms with van der Waals surface area (Å²) in [5.74, 6) is 1.16. The number of hydrogen-bond donors (Lipinski definition) is 1. The second-order valence-corrected chi connectivity index (χ2v) is 10.3. The fourth-order valence-corrected chi connectivity index (χ4v) is 5.37. The minimum Gasteiger partial charge on any atom is -0.305 e. The van der Waals surface area contributed by atoms with E-state index in [9.17, 15) is 8.42 Å². The molecule has 0 amide bonds. The third-order valence-electron chi connectivity index (χ3n) is 4.26. The van der Waals surface area contributed by atoms with Gasteiger partial charge in [0.15, 0.2) is 11.0 Å². The molecule has 0 saturated carbocycles. The van der Waals surface area contributed by atoms with Crippen LogP contribution in [0.5, 0.6) is 0 Å². The molecule has 1 atom stereocenters. The van der Waals surface area contributed by atoms with Crippen molar-refractivity contribution in [3.8, 4) is 0 Å². The third kappa shape index (κ3) is 5.49. The summed E-state index contributed by atoms with van der Waals surface area (Å²) in [4.78, 5) is 0.135. The first kappa shape index (κ1) is 23.4. The summed E-state index contributed by atoms with van der Waals surface area (Å²) in [5, 5.41) is 10.6. The Hall–Kier alpha value is -1.29. The molecule has 0 saturated heterocycles. The number of nitrogens with one attached hydrogen (secondary N) is 1. The van der Waals surface area contributed by atoms with E-state index in [4.69, 9.17) is 34.8 Å². The maximum absolute atomic E-state index is 12.7. The predicted octanol–water partition coefficient (Wildman–Crippen LogP) is 5.59. The Morgan fingerprint density at radius 1 is 1.07 bits per heavy atom. The molecule has 0 fully saturated rings. The number of benzene rings is 2. The minimum absolute atomic E-state index is 0.135. The van der Waals surface area contributed by atoms with Crippen molar-refractivity contribution in [2.45, 2.75) is 42.2 Å². The summed E-state index contributed by atoms with van der Waals surface area (Å²) in [6, 6.07) is 10.9. The lowest BCUT2D eigenvalue weighted by Gasteiger charge is -2.15. The molecular weight excluding hydrogens is 487 g/mol. The Morgan fingerprint density at radius 2 is 1.77 bits per heavy atom. The van der Waals surface area contributed by atoms with Gasteiger partial charge in [-0.3, -0.25) is 0 Å². The maximum Gasteiger partial charge on any atom is 0.241 e. The van der Waals surface area contributed by atoms with Crippen molar-refractivity contribution in [2.24, 2.45) is 0 Å². The predicted molar refractivity (Wildman–Crippen MR) is 122 cm³/mol. The van der Waals surface area contributed by atoms with Crippen molar-refractivity contribution >= 4 is 56.6 Å². The summed E-state index contributed by atoms with van der Waals surface area (Å²) in [6.07, 6.45) is 0. The van der Waals surface area contributed by atoms with Crippen molar-refractivity contribution in [1.29, 1.82) is 0 Å². The average molecular weight is 506 g/mol. The van der Waals surface area contributed by atoms with Crippen LogP contribution in [0.1, 0.15) is 31.3 Å². The molecule has 0 aliphatic carbocycles. The normalized spacial score (nSPS) is 12.8. The molecule has 1 heterocycles. The van der Waals surface area contributed by atoms with Crippen LogP contribution in [-0.2, 0) is 22.3 Å². The zero-order valence-electron chi connectivity index (χ0n) is 16.1. The molecule has 160 valence electrons. The molecule has 0 bridgehead atoms. The lowest BCUT2D eigenvalue weighted by atomic mass is 10.2. The van der Waals surface area contributed by atoms with Crippen molar-refractivity contribution in [3.63, 3.8) is 0 Å². The van der Waals surface area contributed by atoms with E-state index >= 15 is 0 Å². The van der Waals surface area contributed by atoms with E-state index < -0.39 is 16.1 Å². The molecule has 0 aliphatic rings. The van der Waals surface area contributed by atoms with Gasteiger partial charge in [-0.25, -0.2) is 13.1 Å². The van der Waals surface area contributed by atoms with Gasteiger partial charge in [0.1, 0.15) is 0 Å². The smallest absolute Gasteiger partial charge is 0.241 e. The quantitative estimate of drug-likeness (QED) is 0.404. The van der Waals surface area contributed by atoms with Crippen LogP contribution in [0.4, 0.5) is 0 Å². The molecular formula is C19H19Cl3N4O2S2. The van der Waals surface area contributed by atoms with E-state index in [1.165, 1.54) is 36.0 Å². The number of thioether (sulfide) groups is 1. The summed E-state index contributed by atoms with van der Waals surface area (Å²) in [5.41, 5.74) is 0.998. The number of hydrogen-bond acceptors (Lipinski definition) is 5. The molecule has 2 aromatic carbocycles. The van der Waals surface area contributed by atoms with Gasteiger partial charge < -0.3 is 4.57 Å². The van der Waals surface area contributed by atoms with Gasteiger partial charge in [0.25, 0.3) is 0 Å². The van der Waals surface area contributed by atoms with Crippen molar-refractivity contribution < 1.29 is 8.42 Å². The number of rotatable bonds is 8. The first-order valence-electron chi connectivity index (χ1n) is 8.99. The molecule has 0 spiro atoms. The lowest BCUT2D eigenvalue weighted by Crippen LogP contribution is -2.29. The number of aromatic nitrogens is 3. The largest absolute Gasteiger partial charge is 0.305 e. The molecule has 6 nitrogen and oxygen atoms in total. The van der Waals surface area contributed by atoms with Crippen molar-refractivity contribution in [2.75, 3.05) is 0 Å². The minimum atomic E-state index is -3.73. The van der Waals surface area contributed by atoms with E-state index in [0.29, 0.717) is 38.3 Å². The van der Waals surface area contributed by atoms with Gasteiger partial charge in [-0.05, 0) is 55.8 Å². The van der Waals surface area contributed by atoms with E-state index in [2.05, 4.69) is 14.9 Å². The third-order valence-corrected chi connectivity index (χ3v) is 7.84. The standard InChI is InChI=1S/C19H19Cl3N4O2S2/c1-3-26-18(12(2)25-30(27,28)15-7-5-14(20)6-8-15)23-24-19(26)29-11-13-4-9-16(21)17(22)10-13/h4-10,12,25H,3,11H2,1-2H3. The summed E-state index contributed by atoms with van der Waals surface area (Å²) < 4.78 is 29.9. The summed E-state index contributed by atoms with van der Waals surface area (Å²) in [7, 11) is -3.73. The highest BCUT2D eigenvalue weighted by Gasteiger charge is 2.23. The Bertz CT molecular complexity index is 1140. The first-order chi connectivity index (χ1) is 14.2. The van der Waals surface area contributed by atoms with Crippen molar-refractivity contribution in [1.82, 2.24) is 19.5 Å². The van der Waals surface area contributed by atoms with Crippen LogP contribution in [0.2, 0.25) is 15.1 Å². The fraction of sp³-hybridized carbons (Fsp3) is 0.263. The Balaban J connectivity index is 1.75. The van der Waals surface area contributed by atoms with Gasteiger partial charge in [0, 0.05) is 17.3 Å². The zero-order valence-corrected chi connectivity index (χ0v) is 20.0. The average Bonchev–Trinajstić information content (AvgIpc) is 3.12. The van der Waals surface area contributed by atoms with Crippen LogP contribution in [0.3, 0.4) is 0 Å². The number of sulfonamides is 1. The van der Waals surface area contributed by atoms with Gasteiger partial charge in [0.05, 0.1) is 21.0 Å². The van der Waals surface area contributed by atoms with Crippen LogP contribution >= 0.6 is 46.6 Å². The second kappa shape index (κ2) is 9.89. The monoisotopic (exact) mass is 504 g/mol. The molecule has 11 heteroatoms. The van der Waals surface area contributed by atoms with Crippen LogP contribution in [0, 0.1) is 0 Å². The van der Waals surface area contributed by atoms with Gasteiger partial charge in [-0.1, -0.05) is 52.6 Å². The topological polar surface area (TPSA) is 76.9 Å². The van der Waals surface area contributed by atoms with Gasteiger partial charge in [0.2, 0.25) is 10.0 Å². The molecule has 0 aliphatic heterocycles. The highest BCUT2D eigenvalue weighted by Crippen LogP contribution is 2.28. The molecule has 1 aromatic heterocycles. The van der Waals surface area contributed by atoms with Crippen molar-refractivity contribution in [3.05, 3.63) is 68.9 Å². The van der Waals surface area contributed by atoms with Crippen LogP contribution in [0.15, 0.2) is 52.5 Å². The Labute approximate surface area is 195 Å². The number of halogens is 3. The van der Waals surface area contributed by atoms with E-state index in [1.807, 2.05) is 23.6 Å². The lowest BCUT2D eigenvalue weighted by molar-refractivity contribution is 0.539. The highest BCUT2D eigenvalue weighted by atomic mass is 35.5. The van der Waals surface area contributed by atoms with E-state index in [0.717, 1.165) is 5.56 Å². The molecule has 3 aromatic rings. The Morgan fingerprint density at radius 3 is 2.40 bits per heavy atom. The second-order valence-electron chi connectivity index (χ2n) is 6.42. The van der Waals surface area contributed by atoms with Gasteiger partial charge >= 0.3 is 0 Å². The highest BCUT2D eigenvalue weighted by molar-refractivity contribution is 7.98. The van der Waals surface area contributed by atoms with Gasteiger partial charge in [-0.15, -0.1) is 10.2 Å². The van der Waals surface area contributed by atoms with E-state index in [1.54, 1.807) is 13.0 Å². The molecule has 1 N–H and O–H groups in total. The van der Waals surface area contributed by atoms with Gasteiger partial charge in [-0.2, -0.15) is 0 Å². The zero-order chi connectivity index (χ0) is 21.9. The van der Waals surface area contributed by atoms with Crippen LogP contribution in [-0.4, -0.2) is 23.2 Å². The molecule has 3 rings (SSSR count). The van der Waals surface area contributed by atoms with Crippen LogP contribution < -0.4 is 4.72 Å². The molecule has 1 unspecified atom stereocenters. The Kier molecular flexibility index (Phi) is 7.71. The summed E-state index contributed by atoms with van der Waals surface area (Å²) in [6.45, 7) is 4.28. The fourth-order valence-electron chi connectivity index (χ4n) is 2.77. The number of nitrogens with zero attached hydrogens (tertiary/aromatic N) is 3. The SMILES string of the molecule is CCn1c(SCc2ccc(Cl)c(Cl)c2)nnc1C(C)NS(=O)(=O)c1ccc(Cl)cc1. The van der Waals surface area contributed by atoms with Crippen LogP contribution in [0.25, 0.3) is 0 Å². The van der Waals surface area contributed by atoms with E-state index in [-0.39, 0.29) is 4.90 Å². The molecule has 0 radical (unpaired) electrons.